The topological polar surface area (TPSA) is 95.7 Å². The summed E-state index contributed by atoms with van der Waals surface area (Å²) in [5.41, 5.74) is 6.60. The Morgan fingerprint density at radius 2 is 1.70 bits per heavy atom. The molecule has 1 heterocycles. The van der Waals surface area contributed by atoms with Crippen molar-refractivity contribution in [3.8, 4) is 0 Å². The van der Waals surface area contributed by atoms with Crippen molar-refractivity contribution in [1.29, 1.82) is 0 Å². The molecule has 0 atom stereocenters. The summed E-state index contributed by atoms with van der Waals surface area (Å²) in [6.45, 7) is 2.11. The fourth-order valence-electron chi connectivity index (χ4n) is 4.02. The lowest BCUT2D eigenvalue weighted by Crippen LogP contribution is -2.46. The number of likely N-dealkylation sites (tertiary alicyclic amines) is 1. The molecule has 3 N–H and O–H groups in total. The summed E-state index contributed by atoms with van der Waals surface area (Å²) in [4.78, 5) is 40.3. The largest absolute Gasteiger partial charge is 0.370 e. The van der Waals surface area contributed by atoms with E-state index >= 15 is 0 Å². The van der Waals surface area contributed by atoms with Crippen molar-refractivity contribution >= 4 is 23.4 Å². The van der Waals surface area contributed by atoms with Gasteiger partial charge in [0.15, 0.2) is 0 Å². The number of nitrogens with zero attached hydrogens (tertiary/aromatic N) is 2. The lowest BCUT2D eigenvalue weighted by atomic mass is 9.95. The maximum atomic E-state index is 13.7. The lowest BCUT2D eigenvalue weighted by Gasteiger charge is -2.32. The molecule has 3 rings (SSSR count). The minimum atomic E-state index is -0.453. The Morgan fingerprint density at radius 3 is 2.36 bits per heavy atom. The Hall–Kier alpha value is -3.26. The molecule has 2 aromatic carbocycles. The van der Waals surface area contributed by atoms with Crippen LogP contribution in [0.25, 0.3) is 0 Å². The maximum Gasteiger partial charge on any atom is 0.241 e. The first-order chi connectivity index (χ1) is 15.9. The Kier molecular flexibility index (Phi) is 8.95. The van der Waals surface area contributed by atoms with E-state index < -0.39 is 5.91 Å². The van der Waals surface area contributed by atoms with Gasteiger partial charge in [-0.15, -0.1) is 0 Å². The maximum absolute atomic E-state index is 13.7. The Labute approximate surface area is 193 Å². The zero-order valence-electron chi connectivity index (χ0n) is 18.7. The zero-order chi connectivity index (χ0) is 23.6. The van der Waals surface area contributed by atoms with Gasteiger partial charge in [-0.2, -0.15) is 0 Å². The third-order valence-corrected chi connectivity index (χ3v) is 5.92. The standard InChI is InChI=1S/C25H31FN4O3/c26-22-9-5-4-6-19(22)10-14-28-25(33)20-11-15-29(16-12-20)18-24(32)30(17-13-23(27)31)21-7-2-1-3-8-21/h1-9,20H,10-18H2,(H2,27,31)(H,28,33). The van der Waals surface area contributed by atoms with Gasteiger partial charge in [0, 0.05) is 31.1 Å². The molecule has 7 nitrogen and oxygen atoms in total. The molecule has 0 aliphatic carbocycles. The summed E-state index contributed by atoms with van der Waals surface area (Å²) in [7, 11) is 0. The second kappa shape index (κ2) is 12.1. The molecule has 0 bridgehead atoms. The molecular formula is C25H31FN4O3. The highest BCUT2D eigenvalue weighted by Gasteiger charge is 2.27. The molecule has 0 spiro atoms. The van der Waals surface area contributed by atoms with Crippen molar-refractivity contribution in [1.82, 2.24) is 10.2 Å². The molecule has 0 radical (unpaired) electrons. The number of rotatable bonds is 10. The van der Waals surface area contributed by atoms with E-state index in [0.717, 1.165) is 5.69 Å². The summed E-state index contributed by atoms with van der Waals surface area (Å²) in [5.74, 6) is -0.951. The van der Waals surface area contributed by atoms with Gasteiger partial charge in [0.1, 0.15) is 5.82 Å². The molecule has 0 saturated carbocycles. The summed E-state index contributed by atoms with van der Waals surface area (Å²) in [6, 6.07) is 15.8. The normalized spacial score (nSPS) is 14.6. The van der Waals surface area contributed by atoms with Crippen LogP contribution in [-0.4, -0.2) is 55.3 Å². The van der Waals surface area contributed by atoms with Crippen LogP contribution in [0.3, 0.4) is 0 Å². The van der Waals surface area contributed by atoms with Gasteiger partial charge in [0.25, 0.3) is 0 Å². The van der Waals surface area contributed by atoms with Gasteiger partial charge in [-0.1, -0.05) is 36.4 Å². The fraction of sp³-hybridized carbons (Fsp3) is 0.400. The van der Waals surface area contributed by atoms with E-state index in [0.29, 0.717) is 44.5 Å². The SMILES string of the molecule is NC(=O)CCN(C(=O)CN1CCC(C(=O)NCCc2ccccc2F)CC1)c1ccccc1. The molecule has 0 unspecified atom stereocenters. The number of nitrogens with two attached hydrogens (primary N) is 1. The second-order valence-corrected chi connectivity index (χ2v) is 8.28. The van der Waals surface area contributed by atoms with Crippen molar-refractivity contribution in [2.75, 3.05) is 37.6 Å². The van der Waals surface area contributed by atoms with Crippen LogP contribution in [0.2, 0.25) is 0 Å². The van der Waals surface area contributed by atoms with Crippen LogP contribution in [0, 0.1) is 11.7 Å². The van der Waals surface area contributed by atoms with Gasteiger partial charge in [-0.3, -0.25) is 19.3 Å². The number of benzene rings is 2. The number of carbonyl (C=O) groups excluding carboxylic acids is 3. The van der Waals surface area contributed by atoms with E-state index in [2.05, 4.69) is 5.32 Å². The molecule has 1 aliphatic rings. The number of hydrogen-bond donors (Lipinski definition) is 2. The smallest absolute Gasteiger partial charge is 0.241 e. The number of anilines is 1. The van der Waals surface area contributed by atoms with Crippen molar-refractivity contribution in [3.05, 3.63) is 66.0 Å². The molecule has 2 aromatic rings. The second-order valence-electron chi connectivity index (χ2n) is 8.28. The van der Waals surface area contributed by atoms with E-state index in [1.807, 2.05) is 35.2 Å². The number of para-hydroxylation sites is 1. The number of nitrogens with one attached hydrogen (secondary N) is 1. The van der Waals surface area contributed by atoms with E-state index in [9.17, 15) is 18.8 Å². The number of primary amides is 1. The van der Waals surface area contributed by atoms with Gasteiger partial charge < -0.3 is 16.0 Å². The molecule has 8 heteroatoms. The van der Waals surface area contributed by atoms with E-state index in [1.165, 1.54) is 6.07 Å². The minimum Gasteiger partial charge on any atom is -0.370 e. The fourth-order valence-corrected chi connectivity index (χ4v) is 4.02. The van der Waals surface area contributed by atoms with Gasteiger partial charge in [-0.25, -0.2) is 4.39 Å². The molecule has 3 amide bonds. The van der Waals surface area contributed by atoms with Gasteiger partial charge in [0.2, 0.25) is 17.7 Å². The van der Waals surface area contributed by atoms with Crippen molar-refractivity contribution in [3.63, 3.8) is 0 Å². The van der Waals surface area contributed by atoms with Crippen LogP contribution >= 0.6 is 0 Å². The molecule has 1 aliphatic heterocycles. The molecule has 1 saturated heterocycles. The first kappa shape index (κ1) is 24.4. The molecular weight excluding hydrogens is 423 g/mol. The summed E-state index contributed by atoms with van der Waals surface area (Å²) >= 11 is 0. The van der Waals surface area contributed by atoms with Crippen LogP contribution in [0.5, 0.6) is 0 Å². The van der Waals surface area contributed by atoms with Gasteiger partial charge >= 0.3 is 0 Å². The number of piperidine rings is 1. The third-order valence-electron chi connectivity index (χ3n) is 5.92. The molecule has 176 valence electrons. The summed E-state index contributed by atoms with van der Waals surface area (Å²) < 4.78 is 13.7. The molecule has 33 heavy (non-hydrogen) atoms. The average molecular weight is 455 g/mol. The first-order valence-electron chi connectivity index (χ1n) is 11.3. The first-order valence-corrected chi connectivity index (χ1v) is 11.3. The molecule has 1 fully saturated rings. The summed E-state index contributed by atoms with van der Waals surface area (Å²) in [6.07, 6.45) is 1.86. The van der Waals surface area contributed by atoms with E-state index in [4.69, 9.17) is 5.73 Å². The lowest BCUT2D eigenvalue weighted by molar-refractivity contribution is -0.126. The minimum absolute atomic E-state index is 0.0234. The van der Waals surface area contributed by atoms with Gasteiger partial charge in [-0.05, 0) is 56.1 Å². The number of carbonyl (C=O) groups is 3. The predicted molar refractivity (Wildman–Crippen MR) is 125 cm³/mol. The van der Waals surface area contributed by atoms with Crippen molar-refractivity contribution in [2.45, 2.75) is 25.7 Å². The Bertz CT molecular complexity index is 946. The highest BCUT2D eigenvalue weighted by molar-refractivity contribution is 5.95. The quantitative estimate of drug-likeness (QED) is 0.575. The van der Waals surface area contributed by atoms with Crippen LogP contribution in [0.15, 0.2) is 54.6 Å². The highest BCUT2D eigenvalue weighted by Crippen LogP contribution is 2.19. The van der Waals surface area contributed by atoms with Crippen LogP contribution in [0.4, 0.5) is 10.1 Å². The Morgan fingerprint density at radius 1 is 1.03 bits per heavy atom. The van der Waals surface area contributed by atoms with E-state index in [1.54, 1.807) is 23.1 Å². The highest BCUT2D eigenvalue weighted by atomic mass is 19.1. The van der Waals surface area contributed by atoms with Crippen LogP contribution in [-0.2, 0) is 20.8 Å². The monoisotopic (exact) mass is 454 g/mol. The third kappa shape index (κ3) is 7.39. The average Bonchev–Trinajstić information content (AvgIpc) is 2.81. The van der Waals surface area contributed by atoms with Gasteiger partial charge in [0.05, 0.1) is 6.54 Å². The van der Waals surface area contributed by atoms with Crippen molar-refractivity contribution < 1.29 is 18.8 Å². The number of halogens is 1. The summed E-state index contributed by atoms with van der Waals surface area (Å²) in [5, 5.41) is 2.91. The van der Waals surface area contributed by atoms with E-state index in [-0.39, 0.29) is 43.1 Å². The predicted octanol–water partition coefficient (Wildman–Crippen LogP) is 2.11. The molecule has 0 aromatic heterocycles. The Balaban J connectivity index is 1.45. The van der Waals surface area contributed by atoms with Crippen LogP contribution < -0.4 is 16.0 Å². The zero-order valence-corrected chi connectivity index (χ0v) is 18.7. The van der Waals surface area contributed by atoms with Crippen molar-refractivity contribution in [2.24, 2.45) is 11.7 Å². The number of hydrogen-bond acceptors (Lipinski definition) is 4. The van der Waals surface area contributed by atoms with Crippen LogP contribution in [0.1, 0.15) is 24.8 Å². The number of amides is 3.